The summed E-state index contributed by atoms with van der Waals surface area (Å²) in [5.74, 6) is -1.63. The Morgan fingerprint density at radius 1 is 1.08 bits per heavy atom. The number of hydrogen-bond donors (Lipinski definition) is 2. The molecule has 1 amide bonds. The van der Waals surface area contributed by atoms with Crippen LogP contribution in [0.2, 0.25) is 0 Å². The van der Waals surface area contributed by atoms with E-state index in [1.807, 2.05) is 42.5 Å². The molecular weight excluding hydrogens is 330 g/mol. The van der Waals surface area contributed by atoms with Gasteiger partial charge >= 0.3 is 0 Å². The zero-order valence-electron chi connectivity index (χ0n) is 14.1. The van der Waals surface area contributed by atoms with Gasteiger partial charge in [0, 0.05) is 23.6 Å². The molecule has 0 saturated carbocycles. The summed E-state index contributed by atoms with van der Waals surface area (Å²) < 4.78 is 0. The van der Waals surface area contributed by atoms with Crippen molar-refractivity contribution >= 4 is 28.3 Å². The van der Waals surface area contributed by atoms with Crippen LogP contribution < -0.4 is 15.7 Å². The Hall–Kier alpha value is -3.25. The van der Waals surface area contributed by atoms with E-state index in [1.165, 1.54) is 0 Å². The smallest absolute Gasteiger partial charge is 0.230 e. The molecule has 1 heterocycles. The van der Waals surface area contributed by atoms with Crippen LogP contribution in [0.5, 0.6) is 0 Å². The van der Waals surface area contributed by atoms with E-state index in [0.29, 0.717) is 12.2 Å². The Labute approximate surface area is 150 Å². The molecular formula is C20H19N3O3. The first-order valence-electron chi connectivity index (χ1n) is 8.33. The standard InChI is InChI=1S/C20H19N3O3/c24-19(23-17-8-7-15-5-1-2-6-16(15)10-17)11-18(20(25)26)22-13-14-4-3-9-21-12-14/h1-10,12,18,22H,11,13H2,(H,23,24)(H,25,26)/t18-/m0/s1. The average Bonchev–Trinajstić information content (AvgIpc) is 2.65. The minimum absolute atomic E-state index is 0.171. The van der Waals surface area contributed by atoms with E-state index < -0.39 is 12.0 Å². The number of benzene rings is 2. The predicted molar refractivity (Wildman–Crippen MR) is 95.9 cm³/mol. The first kappa shape index (κ1) is 17.6. The van der Waals surface area contributed by atoms with Crippen LogP contribution in [0.4, 0.5) is 5.69 Å². The van der Waals surface area contributed by atoms with Crippen molar-refractivity contribution in [2.24, 2.45) is 0 Å². The van der Waals surface area contributed by atoms with Gasteiger partial charge in [-0.15, -0.1) is 0 Å². The number of anilines is 1. The van der Waals surface area contributed by atoms with Crippen LogP contribution in [0.15, 0.2) is 67.0 Å². The molecule has 132 valence electrons. The lowest BCUT2D eigenvalue weighted by Crippen LogP contribution is -2.92. The maximum atomic E-state index is 12.2. The topological polar surface area (TPSA) is 98.7 Å². The van der Waals surface area contributed by atoms with Crippen molar-refractivity contribution in [2.75, 3.05) is 5.32 Å². The molecule has 1 atom stereocenters. The number of hydrogen-bond acceptors (Lipinski definition) is 4. The second kappa shape index (κ2) is 8.22. The molecule has 0 bridgehead atoms. The number of carbonyl (C=O) groups excluding carboxylic acids is 2. The summed E-state index contributed by atoms with van der Waals surface area (Å²) in [5.41, 5.74) is 1.52. The normalized spacial score (nSPS) is 11.8. The van der Waals surface area contributed by atoms with Gasteiger partial charge in [-0.1, -0.05) is 36.4 Å². The first-order chi connectivity index (χ1) is 12.6. The number of aliphatic carboxylic acids is 1. The van der Waals surface area contributed by atoms with Gasteiger partial charge < -0.3 is 20.5 Å². The summed E-state index contributed by atoms with van der Waals surface area (Å²) >= 11 is 0. The fraction of sp³-hybridized carbons (Fsp3) is 0.150. The van der Waals surface area contributed by atoms with Crippen LogP contribution in [0.25, 0.3) is 10.8 Å². The molecule has 26 heavy (non-hydrogen) atoms. The Morgan fingerprint density at radius 2 is 1.88 bits per heavy atom. The molecule has 3 N–H and O–H groups in total. The summed E-state index contributed by atoms with van der Waals surface area (Å²) in [5, 5.41) is 17.8. The van der Waals surface area contributed by atoms with Crippen molar-refractivity contribution in [3.8, 4) is 0 Å². The Morgan fingerprint density at radius 3 is 2.62 bits per heavy atom. The van der Waals surface area contributed by atoms with Gasteiger partial charge in [-0.2, -0.15) is 0 Å². The monoisotopic (exact) mass is 349 g/mol. The van der Waals surface area contributed by atoms with Crippen LogP contribution in [-0.2, 0) is 16.1 Å². The largest absolute Gasteiger partial charge is 0.544 e. The molecule has 0 unspecified atom stereocenters. The number of carboxylic acids is 1. The number of aromatic nitrogens is 1. The second-order valence-electron chi connectivity index (χ2n) is 6.04. The first-order valence-corrected chi connectivity index (χ1v) is 8.33. The van der Waals surface area contributed by atoms with E-state index in [1.54, 1.807) is 29.8 Å². The van der Waals surface area contributed by atoms with Crippen LogP contribution in [0.1, 0.15) is 12.0 Å². The highest BCUT2D eigenvalue weighted by atomic mass is 16.4. The molecule has 0 fully saturated rings. The third-order valence-electron chi connectivity index (χ3n) is 4.10. The Balaban J connectivity index is 1.60. The molecule has 0 aliphatic heterocycles. The molecule has 2 aromatic carbocycles. The summed E-state index contributed by atoms with van der Waals surface area (Å²) in [6.07, 6.45) is 3.14. The quantitative estimate of drug-likeness (QED) is 0.647. The van der Waals surface area contributed by atoms with Gasteiger partial charge in [0.1, 0.15) is 12.6 Å². The molecule has 1 aromatic heterocycles. The SMILES string of the molecule is O=C(C[C@H]([NH2+]Cc1cccnc1)C(=O)[O-])Nc1ccc2ccccc2c1. The van der Waals surface area contributed by atoms with E-state index in [9.17, 15) is 14.7 Å². The number of quaternary nitrogens is 1. The molecule has 3 rings (SSSR count). The average molecular weight is 349 g/mol. The van der Waals surface area contributed by atoms with Crippen molar-refractivity contribution in [1.82, 2.24) is 4.98 Å². The van der Waals surface area contributed by atoms with Crippen LogP contribution in [0.3, 0.4) is 0 Å². The fourth-order valence-electron chi connectivity index (χ4n) is 2.74. The summed E-state index contributed by atoms with van der Waals surface area (Å²) in [4.78, 5) is 27.6. The maximum Gasteiger partial charge on any atom is 0.230 e. The number of fused-ring (bicyclic) bond motifs is 1. The number of nitrogens with one attached hydrogen (secondary N) is 1. The van der Waals surface area contributed by atoms with Crippen molar-refractivity contribution in [3.05, 3.63) is 72.6 Å². The zero-order valence-corrected chi connectivity index (χ0v) is 14.1. The Kier molecular flexibility index (Phi) is 5.56. The number of carboxylic acid groups (broad SMARTS) is 1. The van der Waals surface area contributed by atoms with Crippen LogP contribution >= 0.6 is 0 Å². The van der Waals surface area contributed by atoms with Crippen molar-refractivity contribution in [2.45, 2.75) is 19.0 Å². The van der Waals surface area contributed by atoms with Gasteiger partial charge in [0.25, 0.3) is 0 Å². The van der Waals surface area contributed by atoms with E-state index >= 15 is 0 Å². The lowest BCUT2D eigenvalue weighted by Gasteiger charge is -2.16. The van der Waals surface area contributed by atoms with Gasteiger partial charge in [0.15, 0.2) is 0 Å². The van der Waals surface area contributed by atoms with Gasteiger partial charge in [0.05, 0.1) is 12.4 Å². The molecule has 0 aliphatic carbocycles. The van der Waals surface area contributed by atoms with Crippen molar-refractivity contribution in [1.29, 1.82) is 0 Å². The highest BCUT2D eigenvalue weighted by Crippen LogP contribution is 2.18. The highest BCUT2D eigenvalue weighted by molar-refractivity contribution is 5.96. The second-order valence-corrected chi connectivity index (χ2v) is 6.04. The van der Waals surface area contributed by atoms with Crippen molar-refractivity contribution in [3.63, 3.8) is 0 Å². The predicted octanol–water partition coefficient (Wildman–Crippen LogP) is 0.446. The molecule has 0 saturated heterocycles. The molecule has 0 radical (unpaired) electrons. The minimum atomic E-state index is -1.26. The third kappa shape index (κ3) is 4.64. The minimum Gasteiger partial charge on any atom is -0.544 e. The number of nitrogens with zero attached hydrogens (tertiary/aromatic N) is 1. The van der Waals surface area contributed by atoms with E-state index in [2.05, 4.69) is 10.3 Å². The van der Waals surface area contributed by atoms with Crippen LogP contribution in [-0.4, -0.2) is 22.9 Å². The number of pyridine rings is 1. The molecule has 6 nitrogen and oxygen atoms in total. The highest BCUT2D eigenvalue weighted by Gasteiger charge is 2.18. The van der Waals surface area contributed by atoms with Gasteiger partial charge in [-0.3, -0.25) is 9.78 Å². The summed E-state index contributed by atoms with van der Waals surface area (Å²) in [7, 11) is 0. The number of carbonyl (C=O) groups is 2. The van der Waals surface area contributed by atoms with Gasteiger partial charge in [-0.05, 0) is 29.0 Å². The number of rotatable bonds is 7. The zero-order chi connectivity index (χ0) is 18.4. The van der Waals surface area contributed by atoms with Gasteiger partial charge in [-0.25, -0.2) is 0 Å². The lowest BCUT2D eigenvalue weighted by atomic mass is 10.1. The molecule has 6 heteroatoms. The summed E-state index contributed by atoms with van der Waals surface area (Å²) in [6.45, 7) is 0.412. The number of nitrogens with two attached hydrogens (primary N) is 1. The Bertz CT molecular complexity index is 912. The molecule has 0 spiro atoms. The van der Waals surface area contributed by atoms with Gasteiger partial charge in [0.2, 0.25) is 5.91 Å². The van der Waals surface area contributed by atoms with E-state index in [-0.39, 0.29) is 12.3 Å². The van der Waals surface area contributed by atoms with E-state index in [4.69, 9.17) is 0 Å². The van der Waals surface area contributed by atoms with E-state index in [0.717, 1.165) is 16.3 Å². The molecule has 0 aliphatic rings. The maximum absolute atomic E-state index is 12.2. The lowest BCUT2D eigenvalue weighted by molar-refractivity contribution is -0.697. The number of amides is 1. The van der Waals surface area contributed by atoms with Crippen LogP contribution in [0, 0.1) is 0 Å². The summed E-state index contributed by atoms with van der Waals surface area (Å²) in [6, 6.07) is 16.1. The molecule has 3 aromatic rings. The third-order valence-corrected chi connectivity index (χ3v) is 4.10. The fourth-order valence-corrected chi connectivity index (χ4v) is 2.74. The van der Waals surface area contributed by atoms with Crippen molar-refractivity contribution < 1.29 is 20.0 Å².